The standard InChI is InChI=1S/C22H23N3O2/c26-21(20-8-4-5-12-23-20)25-18-9-10-19-17(14-18)11-13-24-22(19)27-15-16-6-2-1-3-7-16/h4-5,8-14,16H,1-3,6-7,15H2,(H,25,26). The Morgan fingerprint density at radius 1 is 1.04 bits per heavy atom. The number of benzene rings is 1. The van der Waals surface area contributed by atoms with Gasteiger partial charge in [-0.05, 0) is 60.5 Å². The highest BCUT2D eigenvalue weighted by Crippen LogP contribution is 2.28. The Morgan fingerprint density at radius 2 is 1.93 bits per heavy atom. The number of ether oxygens (including phenoxy) is 1. The number of hydrogen-bond acceptors (Lipinski definition) is 4. The van der Waals surface area contributed by atoms with Gasteiger partial charge in [0.15, 0.2) is 0 Å². The summed E-state index contributed by atoms with van der Waals surface area (Å²) in [5.74, 6) is 1.08. The van der Waals surface area contributed by atoms with Crippen LogP contribution < -0.4 is 10.1 Å². The number of aromatic nitrogens is 2. The lowest BCUT2D eigenvalue weighted by Crippen LogP contribution is -2.15. The highest BCUT2D eigenvalue weighted by Gasteiger charge is 2.15. The first-order valence-electron chi connectivity index (χ1n) is 9.53. The van der Waals surface area contributed by atoms with E-state index >= 15 is 0 Å². The fourth-order valence-electron chi connectivity index (χ4n) is 3.59. The minimum Gasteiger partial charge on any atom is -0.477 e. The van der Waals surface area contributed by atoms with Crippen LogP contribution in [-0.4, -0.2) is 22.5 Å². The number of fused-ring (bicyclic) bond motifs is 1. The molecular formula is C22H23N3O2. The number of nitrogens with zero attached hydrogens (tertiary/aromatic N) is 2. The maximum atomic E-state index is 12.3. The maximum Gasteiger partial charge on any atom is 0.274 e. The van der Waals surface area contributed by atoms with Crippen LogP contribution in [0.3, 0.4) is 0 Å². The molecule has 0 saturated heterocycles. The number of anilines is 1. The third kappa shape index (κ3) is 4.25. The average molecular weight is 361 g/mol. The summed E-state index contributed by atoms with van der Waals surface area (Å²) in [7, 11) is 0. The third-order valence-electron chi connectivity index (χ3n) is 5.06. The van der Waals surface area contributed by atoms with Crippen molar-refractivity contribution in [3.63, 3.8) is 0 Å². The van der Waals surface area contributed by atoms with Crippen molar-refractivity contribution in [3.8, 4) is 5.88 Å². The molecule has 0 bridgehead atoms. The molecule has 1 aromatic carbocycles. The lowest BCUT2D eigenvalue weighted by atomic mass is 9.90. The number of nitrogens with one attached hydrogen (secondary N) is 1. The van der Waals surface area contributed by atoms with Gasteiger partial charge in [-0.3, -0.25) is 9.78 Å². The van der Waals surface area contributed by atoms with Gasteiger partial charge >= 0.3 is 0 Å². The Morgan fingerprint density at radius 3 is 2.74 bits per heavy atom. The molecule has 1 fully saturated rings. The predicted octanol–water partition coefficient (Wildman–Crippen LogP) is 4.84. The molecule has 27 heavy (non-hydrogen) atoms. The van der Waals surface area contributed by atoms with Gasteiger partial charge in [0, 0.05) is 23.5 Å². The molecule has 0 atom stereocenters. The van der Waals surface area contributed by atoms with E-state index in [0.717, 1.165) is 23.1 Å². The molecule has 2 heterocycles. The zero-order chi connectivity index (χ0) is 18.5. The van der Waals surface area contributed by atoms with Crippen molar-refractivity contribution in [2.75, 3.05) is 11.9 Å². The summed E-state index contributed by atoms with van der Waals surface area (Å²) in [5.41, 5.74) is 1.12. The molecular weight excluding hydrogens is 338 g/mol. The topological polar surface area (TPSA) is 64.1 Å². The Balaban J connectivity index is 1.48. The lowest BCUT2D eigenvalue weighted by Gasteiger charge is -2.21. The van der Waals surface area contributed by atoms with Gasteiger partial charge in [0.25, 0.3) is 5.91 Å². The van der Waals surface area contributed by atoms with Crippen LogP contribution in [0.4, 0.5) is 5.69 Å². The Labute approximate surface area is 158 Å². The molecule has 0 aliphatic heterocycles. The Kier molecular flexibility index (Phi) is 5.28. The van der Waals surface area contributed by atoms with E-state index in [1.54, 1.807) is 30.6 Å². The molecule has 0 spiro atoms. The van der Waals surface area contributed by atoms with Crippen molar-refractivity contribution in [1.82, 2.24) is 9.97 Å². The number of carbonyl (C=O) groups is 1. The van der Waals surface area contributed by atoms with E-state index in [1.165, 1.54) is 32.1 Å². The minimum atomic E-state index is -0.224. The van der Waals surface area contributed by atoms with E-state index < -0.39 is 0 Å². The smallest absolute Gasteiger partial charge is 0.274 e. The van der Waals surface area contributed by atoms with Crippen LogP contribution in [-0.2, 0) is 0 Å². The molecule has 0 unspecified atom stereocenters. The van der Waals surface area contributed by atoms with Crippen LogP contribution in [0.25, 0.3) is 10.8 Å². The van der Waals surface area contributed by atoms with Crippen molar-refractivity contribution >= 4 is 22.4 Å². The second-order valence-corrected chi connectivity index (χ2v) is 7.04. The largest absolute Gasteiger partial charge is 0.477 e. The summed E-state index contributed by atoms with van der Waals surface area (Å²) < 4.78 is 6.04. The summed E-state index contributed by atoms with van der Waals surface area (Å²) >= 11 is 0. The van der Waals surface area contributed by atoms with Crippen molar-refractivity contribution < 1.29 is 9.53 Å². The van der Waals surface area contributed by atoms with Gasteiger partial charge in [-0.2, -0.15) is 0 Å². The third-order valence-corrected chi connectivity index (χ3v) is 5.06. The average Bonchev–Trinajstić information content (AvgIpc) is 2.73. The molecule has 1 aliphatic carbocycles. The van der Waals surface area contributed by atoms with Gasteiger partial charge < -0.3 is 10.1 Å². The summed E-state index contributed by atoms with van der Waals surface area (Å²) in [6.45, 7) is 0.726. The molecule has 1 N–H and O–H groups in total. The maximum absolute atomic E-state index is 12.3. The first-order chi connectivity index (χ1) is 13.3. The summed E-state index contributed by atoms with van der Waals surface area (Å²) in [4.78, 5) is 20.8. The summed E-state index contributed by atoms with van der Waals surface area (Å²) in [6, 6.07) is 13.0. The molecule has 2 aromatic heterocycles. The number of rotatable bonds is 5. The van der Waals surface area contributed by atoms with Crippen LogP contribution in [0.1, 0.15) is 42.6 Å². The van der Waals surface area contributed by atoms with Gasteiger partial charge in [0.05, 0.1) is 6.61 Å². The first-order valence-corrected chi connectivity index (χ1v) is 9.53. The monoisotopic (exact) mass is 361 g/mol. The van der Waals surface area contributed by atoms with Gasteiger partial charge in [-0.25, -0.2) is 4.98 Å². The minimum absolute atomic E-state index is 0.224. The molecule has 1 amide bonds. The Hall–Kier alpha value is -2.95. The molecule has 1 saturated carbocycles. The highest BCUT2D eigenvalue weighted by molar-refractivity contribution is 6.04. The number of amides is 1. The fourth-order valence-corrected chi connectivity index (χ4v) is 3.59. The van der Waals surface area contributed by atoms with Gasteiger partial charge in [0.2, 0.25) is 5.88 Å². The SMILES string of the molecule is O=C(Nc1ccc2c(OCC3CCCCC3)nccc2c1)c1ccccn1. The molecule has 5 nitrogen and oxygen atoms in total. The molecule has 0 radical (unpaired) electrons. The summed E-state index contributed by atoms with van der Waals surface area (Å²) in [5, 5.41) is 4.84. The number of hydrogen-bond donors (Lipinski definition) is 1. The fraction of sp³-hybridized carbons (Fsp3) is 0.318. The van der Waals surface area contributed by atoms with E-state index in [1.807, 2.05) is 24.3 Å². The lowest BCUT2D eigenvalue weighted by molar-refractivity contribution is 0.102. The molecule has 3 aromatic rings. The van der Waals surface area contributed by atoms with Gasteiger partial charge in [-0.15, -0.1) is 0 Å². The van der Waals surface area contributed by atoms with Crippen LogP contribution in [0, 0.1) is 5.92 Å². The zero-order valence-corrected chi connectivity index (χ0v) is 15.2. The number of carbonyl (C=O) groups excluding carboxylic acids is 1. The Bertz CT molecular complexity index is 921. The summed E-state index contributed by atoms with van der Waals surface area (Å²) in [6.07, 6.45) is 9.80. The predicted molar refractivity (Wildman–Crippen MR) is 106 cm³/mol. The van der Waals surface area contributed by atoms with Crippen LogP contribution in [0.15, 0.2) is 54.9 Å². The van der Waals surface area contributed by atoms with Crippen molar-refractivity contribution in [1.29, 1.82) is 0 Å². The van der Waals surface area contributed by atoms with Crippen molar-refractivity contribution in [3.05, 3.63) is 60.6 Å². The molecule has 1 aliphatic rings. The van der Waals surface area contributed by atoms with Crippen LogP contribution in [0.5, 0.6) is 5.88 Å². The van der Waals surface area contributed by atoms with E-state index in [0.29, 0.717) is 17.5 Å². The van der Waals surface area contributed by atoms with E-state index in [-0.39, 0.29) is 5.91 Å². The van der Waals surface area contributed by atoms with E-state index in [2.05, 4.69) is 15.3 Å². The molecule has 5 heteroatoms. The number of pyridine rings is 2. The van der Waals surface area contributed by atoms with E-state index in [4.69, 9.17) is 4.74 Å². The van der Waals surface area contributed by atoms with Gasteiger partial charge in [-0.1, -0.05) is 25.3 Å². The molecule has 138 valence electrons. The highest BCUT2D eigenvalue weighted by atomic mass is 16.5. The second-order valence-electron chi connectivity index (χ2n) is 7.04. The second kappa shape index (κ2) is 8.16. The van der Waals surface area contributed by atoms with E-state index in [9.17, 15) is 4.79 Å². The van der Waals surface area contributed by atoms with Gasteiger partial charge in [0.1, 0.15) is 5.69 Å². The quantitative estimate of drug-likeness (QED) is 0.706. The van der Waals surface area contributed by atoms with Crippen LogP contribution >= 0.6 is 0 Å². The first kappa shape index (κ1) is 17.5. The van der Waals surface area contributed by atoms with Crippen molar-refractivity contribution in [2.24, 2.45) is 5.92 Å². The van der Waals surface area contributed by atoms with Crippen molar-refractivity contribution in [2.45, 2.75) is 32.1 Å². The van der Waals surface area contributed by atoms with Crippen LogP contribution in [0.2, 0.25) is 0 Å². The normalized spacial score (nSPS) is 14.8. The molecule has 4 rings (SSSR count). The zero-order valence-electron chi connectivity index (χ0n) is 15.2.